The number of carbonyl (C=O) groups is 2. The van der Waals surface area contributed by atoms with Gasteiger partial charge in [-0.1, -0.05) is 13.8 Å². The molecule has 0 spiro atoms. The van der Waals surface area contributed by atoms with Gasteiger partial charge < -0.3 is 15.0 Å². The number of rotatable bonds is 4. The fourth-order valence-electron chi connectivity index (χ4n) is 2.88. The van der Waals surface area contributed by atoms with E-state index in [9.17, 15) is 9.59 Å². The Morgan fingerprint density at radius 1 is 1.22 bits per heavy atom. The lowest BCUT2D eigenvalue weighted by molar-refractivity contribution is 0.0526. The maximum absolute atomic E-state index is 12.3. The molecule has 5 nitrogen and oxygen atoms in total. The van der Waals surface area contributed by atoms with Crippen LogP contribution in [-0.2, 0) is 4.74 Å². The van der Waals surface area contributed by atoms with E-state index in [4.69, 9.17) is 4.74 Å². The van der Waals surface area contributed by atoms with Crippen LogP contribution >= 0.6 is 0 Å². The second kappa shape index (κ2) is 7.99. The van der Waals surface area contributed by atoms with Crippen LogP contribution in [-0.4, -0.2) is 36.6 Å². The molecule has 0 radical (unpaired) electrons. The van der Waals surface area contributed by atoms with Crippen molar-refractivity contribution in [2.24, 2.45) is 11.8 Å². The van der Waals surface area contributed by atoms with E-state index in [0.717, 1.165) is 25.9 Å². The van der Waals surface area contributed by atoms with E-state index in [1.807, 2.05) is 4.90 Å². The number of hydrogen-bond donors (Lipinski definition) is 1. The summed E-state index contributed by atoms with van der Waals surface area (Å²) in [7, 11) is 0. The van der Waals surface area contributed by atoms with Crippen LogP contribution in [0.4, 0.5) is 10.5 Å². The normalized spacial score (nSPS) is 15.6. The van der Waals surface area contributed by atoms with Crippen molar-refractivity contribution in [1.29, 1.82) is 0 Å². The minimum atomic E-state index is -0.346. The fourth-order valence-corrected chi connectivity index (χ4v) is 2.88. The van der Waals surface area contributed by atoms with Gasteiger partial charge in [-0.2, -0.15) is 0 Å². The summed E-state index contributed by atoms with van der Waals surface area (Å²) in [6.45, 7) is 8.21. The van der Waals surface area contributed by atoms with Crippen molar-refractivity contribution in [3.8, 4) is 0 Å². The third kappa shape index (κ3) is 4.71. The summed E-state index contributed by atoms with van der Waals surface area (Å²) in [5.41, 5.74) is 1.18. The molecular formula is C18H26N2O3. The summed E-state index contributed by atoms with van der Waals surface area (Å²) in [4.78, 5) is 25.7. The highest BCUT2D eigenvalue weighted by Crippen LogP contribution is 2.24. The van der Waals surface area contributed by atoms with Gasteiger partial charge in [0.15, 0.2) is 0 Å². The molecule has 1 aromatic carbocycles. The molecule has 1 aliphatic heterocycles. The predicted octanol–water partition coefficient (Wildman–Crippen LogP) is 3.76. The standard InChI is InChI=1S/C18H26N2O3/c1-4-23-17(21)15-5-7-16(8-6-15)19-18(22)20-11-9-14(10-12-20)13(2)3/h5-8,13-14H,4,9-12H2,1-3H3,(H,19,22). The number of urea groups is 1. The van der Waals surface area contributed by atoms with Crippen molar-refractivity contribution < 1.29 is 14.3 Å². The van der Waals surface area contributed by atoms with E-state index < -0.39 is 0 Å². The highest BCUT2D eigenvalue weighted by atomic mass is 16.5. The topological polar surface area (TPSA) is 58.6 Å². The molecule has 1 saturated heterocycles. The monoisotopic (exact) mass is 318 g/mol. The van der Waals surface area contributed by atoms with Crippen molar-refractivity contribution in [2.45, 2.75) is 33.6 Å². The quantitative estimate of drug-likeness (QED) is 0.860. The van der Waals surface area contributed by atoms with Crippen LogP contribution in [0.5, 0.6) is 0 Å². The van der Waals surface area contributed by atoms with Crippen LogP contribution in [0.3, 0.4) is 0 Å². The zero-order valence-corrected chi connectivity index (χ0v) is 14.2. The lowest BCUT2D eigenvalue weighted by atomic mass is 9.87. The van der Waals surface area contributed by atoms with Gasteiger partial charge in [0.2, 0.25) is 0 Å². The number of amides is 2. The average molecular weight is 318 g/mol. The number of benzene rings is 1. The molecule has 1 aromatic rings. The van der Waals surface area contributed by atoms with Gasteiger partial charge in [-0.05, 0) is 55.9 Å². The molecule has 1 aliphatic rings. The second-order valence-electron chi connectivity index (χ2n) is 6.30. The molecule has 1 fully saturated rings. The first-order valence-electron chi connectivity index (χ1n) is 8.34. The van der Waals surface area contributed by atoms with E-state index in [-0.39, 0.29) is 12.0 Å². The summed E-state index contributed by atoms with van der Waals surface area (Å²) >= 11 is 0. The van der Waals surface area contributed by atoms with Gasteiger partial charge in [-0.3, -0.25) is 0 Å². The number of nitrogens with one attached hydrogen (secondary N) is 1. The van der Waals surface area contributed by atoms with E-state index in [1.165, 1.54) is 0 Å². The first-order valence-corrected chi connectivity index (χ1v) is 8.34. The van der Waals surface area contributed by atoms with Crippen molar-refractivity contribution in [2.75, 3.05) is 25.0 Å². The van der Waals surface area contributed by atoms with Crippen LogP contribution in [0, 0.1) is 11.8 Å². The first-order chi connectivity index (χ1) is 11.0. The number of hydrogen-bond acceptors (Lipinski definition) is 3. The Morgan fingerprint density at radius 3 is 2.35 bits per heavy atom. The molecular weight excluding hydrogens is 292 g/mol. The van der Waals surface area contributed by atoms with E-state index in [0.29, 0.717) is 29.7 Å². The zero-order valence-electron chi connectivity index (χ0n) is 14.2. The van der Waals surface area contributed by atoms with Gasteiger partial charge in [-0.25, -0.2) is 9.59 Å². The van der Waals surface area contributed by atoms with Gasteiger partial charge in [0.25, 0.3) is 0 Å². The summed E-state index contributed by atoms with van der Waals surface area (Å²) in [6, 6.07) is 6.71. The molecule has 0 unspecified atom stereocenters. The largest absolute Gasteiger partial charge is 0.462 e. The number of nitrogens with zero attached hydrogens (tertiary/aromatic N) is 1. The van der Waals surface area contributed by atoms with Crippen LogP contribution in [0.1, 0.15) is 44.0 Å². The smallest absolute Gasteiger partial charge is 0.338 e. The molecule has 0 aromatic heterocycles. The van der Waals surface area contributed by atoms with Crippen molar-refractivity contribution in [3.63, 3.8) is 0 Å². The van der Waals surface area contributed by atoms with Gasteiger partial charge >= 0.3 is 12.0 Å². The molecule has 0 atom stereocenters. The Hall–Kier alpha value is -2.04. The summed E-state index contributed by atoms with van der Waals surface area (Å²) in [5.74, 6) is 1.04. The highest BCUT2D eigenvalue weighted by molar-refractivity contribution is 5.92. The molecule has 0 bridgehead atoms. The molecule has 1 N–H and O–H groups in total. The highest BCUT2D eigenvalue weighted by Gasteiger charge is 2.24. The molecule has 2 rings (SSSR count). The van der Waals surface area contributed by atoms with Crippen molar-refractivity contribution >= 4 is 17.7 Å². The van der Waals surface area contributed by atoms with Crippen LogP contribution in [0.15, 0.2) is 24.3 Å². The lowest BCUT2D eigenvalue weighted by Crippen LogP contribution is -2.41. The van der Waals surface area contributed by atoms with Crippen LogP contribution < -0.4 is 5.32 Å². The predicted molar refractivity (Wildman–Crippen MR) is 90.6 cm³/mol. The Morgan fingerprint density at radius 2 is 1.83 bits per heavy atom. The average Bonchev–Trinajstić information content (AvgIpc) is 2.55. The van der Waals surface area contributed by atoms with Crippen molar-refractivity contribution in [3.05, 3.63) is 29.8 Å². The summed E-state index contributed by atoms with van der Waals surface area (Å²) < 4.78 is 4.94. The maximum Gasteiger partial charge on any atom is 0.338 e. The maximum atomic E-state index is 12.3. The molecule has 5 heteroatoms. The Balaban J connectivity index is 1.87. The number of carbonyl (C=O) groups excluding carboxylic acids is 2. The van der Waals surface area contributed by atoms with Crippen molar-refractivity contribution in [1.82, 2.24) is 4.90 Å². The molecule has 1 heterocycles. The second-order valence-corrected chi connectivity index (χ2v) is 6.30. The third-order valence-electron chi connectivity index (χ3n) is 4.42. The summed E-state index contributed by atoms with van der Waals surface area (Å²) in [5, 5.41) is 2.89. The van der Waals surface area contributed by atoms with Crippen LogP contribution in [0.25, 0.3) is 0 Å². The van der Waals surface area contributed by atoms with Gasteiger partial charge in [0.05, 0.1) is 12.2 Å². The van der Waals surface area contributed by atoms with Gasteiger partial charge in [0.1, 0.15) is 0 Å². The number of anilines is 1. The lowest BCUT2D eigenvalue weighted by Gasteiger charge is -2.33. The first kappa shape index (κ1) is 17.3. The number of esters is 1. The number of piperidine rings is 1. The molecule has 0 saturated carbocycles. The molecule has 23 heavy (non-hydrogen) atoms. The Kier molecular flexibility index (Phi) is 6.02. The van der Waals surface area contributed by atoms with Gasteiger partial charge in [-0.15, -0.1) is 0 Å². The minimum absolute atomic E-state index is 0.0731. The zero-order chi connectivity index (χ0) is 16.8. The molecule has 0 aliphatic carbocycles. The minimum Gasteiger partial charge on any atom is -0.462 e. The molecule has 126 valence electrons. The van der Waals surface area contributed by atoms with E-state index >= 15 is 0 Å². The van der Waals surface area contributed by atoms with E-state index in [2.05, 4.69) is 19.2 Å². The van der Waals surface area contributed by atoms with Gasteiger partial charge in [0, 0.05) is 18.8 Å². The van der Waals surface area contributed by atoms with Crippen LogP contribution in [0.2, 0.25) is 0 Å². The van der Waals surface area contributed by atoms with E-state index in [1.54, 1.807) is 31.2 Å². The summed E-state index contributed by atoms with van der Waals surface area (Å²) in [6.07, 6.45) is 2.12. The molecule has 2 amide bonds. The third-order valence-corrected chi connectivity index (χ3v) is 4.42. The fraction of sp³-hybridized carbons (Fsp3) is 0.556. The number of likely N-dealkylation sites (tertiary alicyclic amines) is 1. The number of ether oxygens (including phenoxy) is 1. The Bertz CT molecular complexity index is 532. The SMILES string of the molecule is CCOC(=O)c1ccc(NC(=O)N2CCC(C(C)C)CC2)cc1. The Labute approximate surface area is 138 Å².